The molecule has 0 saturated heterocycles. The van der Waals surface area contributed by atoms with Crippen LogP contribution in [-0.4, -0.2) is 0 Å². The summed E-state index contributed by atoms with van der Waals surface area (Å²) in [5.74, 6) is 1.26. The van der Waals surface area contributed by atoms with E-state index in [2.05, 4.69) is 62.0 Å². The standard InChI is InChI=1S/C21H24/c1-3-4-5-6-11-16(2)21-19-14-9-7-12-17(19)18-13-8-10-15-20(18)21/h3,7-10,12-16,21H,1,4-6,11H2,2H3. The van der Waals surface area contributed by atoms with Crippen LogP contribution < -0.4 is 0 Å². The summed E-state index contributed by atoms with van der Waals surface area (Å²) in [4.78, 5) is 0. The first kappa shape index (κ1) is 14.1. The van der Waals surface area contributed by atoms with Crippen LogP contribution in [0.1, 0.15) is 49.7 Å². The van der Waals surface area contributed by atoms with Crippen LogP contribution in [0, 0.1) is 5.92 Å². The molecule has 0 aliphatic heterocycles. The first-order chi connectivity index (χ1) is 10.3. The van der Waals surface area contributed by atoms with Gasteiger partial charge in [0.1, 0.15) is 0 Å². The van der Waals surface area contributed by atoms with E-state index in [0.717, 1.165) is 6.42 Å². The van der Waals surface area contributed by atoms with Gasteiger partial charge in [-0.3, -0.25) is 0 Å². The van der Waals surface area contributed by atoms with Crippen LogP contribution in [0.15, 0.2) is 61.2 Å². The van der Waals surface area contributed by atoms with E-state index in [1.807, 2.05) is 6.08 Å². The summed E-state index contributed by atoms with van der Waals surface area (Å²) in [6.07, 6.45) is 7.04. The predicted molar refractivity (Wildman–Crippen MR) is 91.6 cm³/mol. The van der Waals surface area contributed by atoms with Crippen molar-refractivity contribution >= 4 is 0 Å². The van der Waals surface area contributed by atoms with E-state index in [1.54, 1.807) is 0 Å². The second-order valence-corrected chi connectivity index (χ2v) is 6.20. The lowest BCUT2D eigenvalue weighted by molar-refractivity contribution is 0.456. The Morgan fingerprint density at radius 2 is 1.52 bits per heavy atom. The SMILES string of the molecule is C=CCCCCC(C)C1c2ccccc2-c2ccccc21. The van der Waals surface area contributed by atoms with Crippen LogP contribution in [0.5, 0.6) is 0 Å². The fraction of sp³-hybridized carbons (Fsp3) is 0.333. The van der Waals surface area contributed by atoms with E-state index in [9.17, 15) is 0 Å². The Hall–Kier alpha value is -1.82. The molecule has 1 aliphatic rings. The molecule has 0 bridgehead atoms. The third-order valence-corrected chi connectivity index (χ3v) is 4.77. The number of fused-ring (bicyclic) bond motifs is 3. The van der Waals surface area contributed by atoms with Gasteiger partial charge in [-0.2, -0.15) is 0 Å². The molecule has 0 spiro atoms. The van der Waals surface area contributed by atoms with Gasteiger partial charge in [0.05, 0.1) is 0 Å². The molecule has 0 radical (unpaired) electrons. The molecule has 0 amide bonds. The smallest absolute Gasteiger partial charge is 0.0127 e. The van der Waals surface area contributed by atoms with Crippen molar-refractivity contribution in [2.24, 2.45) is 5.92 Å². The van der Waals surface area contributed by atoms with E-state index in [0.29, 0.717) is 11.8 Å². The second-order valence-electron chi connectivity index (χ2n) is 6.20. The van der Waals surface area contributed by atoms with E-state index < -0.39 is 0 Å². The van der Waals surface area contributed by atoms with E-state index in [4.69, 9.17) is 0 Å². The Kier molecular flexibility index (Phi) is 4.24. The maximum absolute atomic E-state index is 3.81. The number of hydrogen-bond acceptors (Lipinski definition) is 0. The zero-order valence-electron chi connectivity index (χ0n) is 12.9. The van der Waals surface area contributed by atoms with E-state index >= 15 is 0 Å². The zero-order chi connectivity index (χ0) is 14.7. The van der Waals surface area contributed by atoms with Crippen molar-refractivity contribution in [1.82, 2.24) is 0 Å². The fourth-order valence-electron chi connectivity index (χ4n) is 3.73. The minimum Gasteiger partial charge on any atom is -0.103 e. The molecule has 0 heteroatoms. The van der Waals surface area contributed by atoms with Gasteiger partial charge in [-0.05, 0) is 47.4 Å². The molecule has 0 aromatic heterocycles. The number of allylic oxidation sites excluding steroid dienone is 1. The lowest BCUT2D eigenvalue weighted by atomic mass is 9.82. The molecule has 0 fully saturated rings. The van der Waals surface area contributed by atoms with Gasteiger partial charge in [-0.1, -0.05) is 68.0 Å². The molecule has 1 unspecified atom stereocenters. The van der Waals surface area contributed by atoms with Crippen molar-refractivity contribution in [3.63, 3.8) is 0 Å². The Labute approximate surface area is 128 Å². The van der Waals surface area contributed by atoms with Crippen molar-refractivity contribution < 1.29 is 0 Å². The molecule has 0 nitrogen and oxygen atoms in total. The molecule has 1 atom stereocenters. The van der Waals surface area contributed by atoms with Gasteiger partial charge in [-0.15, -0.1) is 6.58 Å². The van der Waals surface area contributed by atoms with Crippen LogP contribution in [-0.2, 0) is 0 Å². The highest BCUT2D eigenvalue weighted by Gasteiger charge is 2.31. The average molecular weight is 276 g/mol. The Bertz CT molecular complexity index is 578. The molecular formula is C21H24. The predicted octanol–water partition coefficient (Wildman–Crippen LogP) is 6.18. The summed E-state index contributed by atoms with van der Waals surface area (Å²) in [5, 5.41) is 0. The number of hydrogen-bond donors (Lipinski definition) is 0. The van der Waals surface area contributed by atoms with Gasteiger partial charge in [0.15, 0.2) is 0 Å². The van der Waals surface area contributed by atoms with Crippen LogP contribution >= 0.6 is 0 Å². The Balaban J connectivity index is 1.86. The van der Waals surface area contributed by atoms with Crippen molar-refractivity contribution in [2.75, 3.05) is 0 Å². The van der Waals surface area contributed by atoms with Gasteiger partial charge in [0.2, 0.25) is 0 Å². The van der Waals surface area contributed by atoms with Gasteiger partial charge in [0.25, 0.3) is 0 Å². The van der Waals surface area contributed by atoms with Gasteiger partial charge < -0.3 is 0 Å². The molecule has 0 saturated carbocycles. The molecule has 2 aromatic carbocycles. The van der Waals surface area contributed by atoms with Crippen LogP contribution in [0.2, 0.25) is 0 Å². The quantitative estimate of drug-likeness (QED) is 0.436. The minimum absolute atomic E-state index is 0.570. The Morgan fingerprint density at radius 1 is 0.952 bits per heavy atom. The molecular weight excluding hydrogens is 252 g/mol. The maximum Gasteiger partial charge on any atom is 0.0127 e. The first-order valence-electron chi connectivity index (χ1n) is 8.12. The minimum atomic E-state index is 0.570. The zero-order valence-corrected chi connectivity index (χ0v) is 12.9. The molecule has 0 N–H and O–H groups in total. The van der Waals surface area contributed by atoms with Gasteiger partial charge in [-0.25, -0.2) is 0 Å². The third kappa shape index (κ3) is 2.68. The van der Waals surface area contributed by atoms with Gasteiger partial charge >= 0.3 is 0 Å². The highest BCUT2D eigenvalue weighted by molar-refractivity contribution is 5.78. The van der Waals surface area contributed by atoms with Crippen molar-refractivity contribution in [3.05, 3.63) is 72.3 Å². The van der Waals surface area contributed by atoms with E-state index in [-0.39, 0.29) is 0 Å². The van der Waals surface area contributed by atoms with Crippen LogP contribution in [0.25, 0.3) is 11.1 Å². The monoisotopic (exact) mass is 276 g/mol. The first-order valence-corrected chi connectivity index (χ1v) is 8.12. The molecule has 1 aliphatic carbocycles. The Morgan fingerprint density at radius 3 is 2.10 bits per heavy atom. The number of rotatable bonds is 6. The third-order valence-electron chi connectivity index (χ3n) is 4.77. The lowest BCUT2D eigenvalue weighted by Gasteiger charge is -2.22. The molecule has 108 valence electrons. The van der Waals surface area contributed by atoms with Crippen LogP contribution in [0.4, 0.5) is 0 Å². The summed E-state index contributed by atoms with van der Waals surface area (Å²) < 4.78 is 0. The second kappa shape index (κ2) is 6.30. The maximum atomic E-state index is 3.81. The highest BCUT2D eigenvalue weighted by atomic mass is 14.3. The number of unbranched alkanes of at least 4 members (excludes halogenated alkanes) is 2. The van der Waals surface area contributed by atoms with Gasteiger partial charge in [0, 0.05) is 5.92 Å². The normalized spacial score (nSPS) is 14.5. The summed E-state index contributed by atoms with van der Waals surface area (Å²) in [6.45, 7) is 6.23. The van der Waals surface area contributed by atoms with Crippen molar-refractivity contribution in [3.8, 4) is 11.1 Å². The largest absolute Gasteiger partial charge is 0.103 e. The molecule has 2 aromatic rings. The summed E-state index contributed by atoms with van der Waals surface area (Å²) in [7, 11) is 0. The lowest BCUT2D eigenvalue weighted by Crippen LogP contribution is -2.08. The van der Waals surface area contributed by atoms with Crippen molar-refractivity contribution in [2.45, 2.75) is 38.5 Å². The summed E-state index contributed by atoms with van der Waals surface area (Å²) in [6, 6.07) is 17.9. The van der Waals surface area contributed by atoms with E-state index in [1.165, 1.54) is 41.5 Å². The molecule has 3 rings (SSSR count). The topological polar surface area (TPSA) is 0 Å². The number of benzene rings is 2. The van der Waals surface area contributed by atoms with Crippen LogP contribution in [0.3, 0.4) is 0 Å². The highest BCUT2D eigenvalue weighted by Crippen LogP contribution is 2.48. The summed E-state index contributed by atoms with van der Waals surface area (Å²) in [5.41, 5.74) is 5.93. The van der Waals surface area contributed by atoms with Crippen molar-refractivity contribution in [1.29, 1.82) is 0 Å². The fourth-order valence-corrected chi connectivity index (χ4v) is 3.73. The molecule has 21 heavy (non-hydrogen) atoms. The molecule has 0 heterocycles. The average Bonchev–Trinajstić information content (AvgIpc) is 2.86. The summed E-state index contributed by atoms with van der Waals surface area (Å²) >= 11 is 0.